The van der Waals surface area contributed by atoms with Crippen LogP contribution < -0.4 is 5.32 Å². The molecule has 0 fully saturated rings. The van der Waals surface area contributed by atoms with Gasteiger partial charge in [-0.1, -0.05) is 13.8 Å². The monoisotopic (exact) mass is 215 g/mol. The van der Waals surface area contributed by atoms with E-state index in [-0.39, 0.29) is 17.8 Å². The van der Waals surface area contributed by atoms with Gasteiger partial charge in [0.25, 0.3) is 0 Å². The molecule has 4 nitrogen and oxygen atoms in total. The van der Waals surface area contributed by atoms with Crippen LogP contribution in [0.5, 0.6) is 0 Å². The minimum absolute atomic E-state index is 0.0615. The molecule has 0 saturated heterocycles. The van der Waals surface area contributed by atoms with Crippen LogP contribution in [-0.4, -0.2) is 25.5 Å². The predicted octanol–water partition coefficient (Wildman–Crippen LogP) is 1.35. The standard InChI is InChI=1S/C11H21NO3/c1-8(2)5-10(6-11(14)15-4)7-12-9(3)13/h8,10H,5-7H2,1-4H3,(H,12,13)/t10-/m0/s1. The molecule has 0 unspecified atom stereocenters. The van der Waals surface area contributed by atoms with E-state index >= 15 is 0 Å². The Morgan fingerprint density at radius 1 is 1.33 bits per heavy atom. The van der Waals surface area contributed by atoms with E-state index in [1.807, 2.05) is 0 Å². The predicted molar refractivity (Wildman–Crippen MR) is 58.3 cm³/mol. The van der Waals surface area contributed by atoms with Crippen molar-refractivity contribution in [3.05, 3.63) is 0 Å². The Morgan fingerprint density at radius 2 is 1.93 bits per heavy atom. The van der Waals surface area contributed by atoms with E-state index < -0.39 is 0 Å². The van der Waals surface area contributed by atoms with Gasteiger partial charge in [0.15, 0.2) is 0 Å². The summed E-state index contributed by atoms with van der Waals surface area (Å²) in [7, 11) is 1.38. The Morgan fingerprint density at radius 3 is 2.33 bits per heavy atom. The third kappa shape index (κ3) is 7.97. The fraction of sp³-hybridized carbons (Fsp3) is 0.818. The first-order valence-corrected chi connectivity index (χ1v) is 5.27. The topological polar surface area (TPSA) is 55.4 Å². The molecule has 0 spiro atoms. The average Bonchev–Trinajstić information content (AvgIpc) is 2.13. The lowest BCUT2D eigenvalue weighted by Gasteiger charge is -2.17. The lowest BCUT2D eigenvalue weighted by molar-refractivity contribution is -0.142. The third-order valence-corrected chi connectivity index (χ3v) is 2.13. The molecule has 0 aromatic heterocycles. The van der Waals surface area contributed by atoms with E-state index in [1.165, 1.54) is 14.0 Å². The Bertz CT molecular complexity index is 214. The largest absolute Gasteiger partial charge is 0.469 e. The minimum atomic E-state index is -0.217. The number of esters is 1. The van der Waals surface area contributed by atoms with Crippen LogP contribution in [0.25, 0.3) is 0 Å². The second kappa shape index (κ2) is 7.26. The van der Waals surface area contributed by atoms with Crippen molar-refractivity contribution in [3.63, 3.8) is 0 Å². The highest BCUT2D eigenvalue weighted by Crippen LogP contribution is 2.15. The van der Waals surface area contributed by atoms with Gasteiger partial charge in [0.2, 0.25) is 5.91 Å². The van der Waals surface area contributed by atoms with Gasteiger partial charge >= 0.3 is 5.97 Å². The molecule has 0 radical (unpaired) electrons. The van der Waals surface area contributed by atoms with Gasteiger partial charge in [-0.25, -0.2) is 0 Å². The van der Waals surface area contributed by atoms with Crippen molar-refractivity contribution in [2.75, 3.05) is 13.7 Å². The molecule has 4 heteroatoms. The van der Waals surface area contributed by atoms with Crippen molar-refractivity contribution in [1.82, 2.24) is 5.32 Å². The molecule has 0 heterocycles. The van der Waals surface area contributed by atoms with Crippen molar-refractivity contribution < 1.29 is 14.3 Å². The van der Waals surface area contributed by atoms with Gasteiger partial charge in [-0.2, -0.15) is 0 Å². The Kier molecular flexibility index (Phi) is 6.75. The molecule has 1 N–H and O–H groups in total. The number of methoxy groups -OCH3 is 1. The lowest BCUT2D eigenvalue weighted by Crippen LogP contribution is -2.29. The summed E-state index contributed by atoms with van der Waals surface area (Å²) in [6.45, 7) is 6.21. The number of ether oxygens (including phenoxy) is 1. The van der Waals surface area contributed by atoms with Gasteiger partial charge in [-0.3, -0.25) is 9.59 Å². The van der Waals surface area contributed by atoms with E-state index in [0.29, 0.717) is 18.9 Å². The molecule has 0 aliphatic carbocycles. The summed E-state index contributed by atoms with van der Waals surface area (Å²) in [5.41, 5.74) is 0. The van der Waals surface area contributed by atoms with E-state index in [1.54, 1.807) is 0 Å². The quantitative estimate of drug-likeness (QED) is 0.680. The van der Waals surface area contributed by atoms with E-state index in [9.17, 15) is 9.59 Å². The molecule has 0 aliphatic heterocycles. The second-order valence-electron chi connectivity index (χ2n) is 4.21. The van der Waals surface area contributed by atoms with E-state index in [2.05, 4.69) is 23.9 Å². The molecule has 15 heavy (non-hydrogen) atoms. The number of nitrogens with one attached hydrogen (secondary N) is 1. The molecular weight excluding hydrogens is 194 g/mol. The first-order valence-electron chi connectivity index (χ1n) is 5.27. The highest BCUT2D eigenvalue weighted by molar-refractivity contribution is 5.73. The zero-order valence-corrected chi connectivity index (χ0v) is 10.0. The molecule has 1 atom stereocenters. The summed E-state index contributed by atoms with van der Waals surface area (Å²) in [5, 5.41) is 2.73. The van der Waals surface area contributed by atoms with Gasteiger partial charge in [-0.05, 0) is 18.3 Å². The molecule has 0 saturated carbocycles. The van der Waals surface area contributed by atoms with E-state index in [4.69, 9.17) is 0 Å². The van der Waals surface area contributed by atoms with Crippen molar-refractivity contribution in [2.24, 2.45) is 11.8 Å². The maximum atomic E-state index is 11.1. The molecular formula is C11H21NO3. The zero-order valence-electron chi connectivity index (χ0n) is 10.0. The zero-order chi connectivity index (χ0) is 11.8. The summed E-state index contributed by atoms with van der Waals surface area (Å²) in [5.74, 6) is 0.398. The SMILES string of the molecule is COC(=O)C[C@@H](CNC(C)=O)CC(C)C. The van der Waals surface area contributed by atoms with Gasteiger partial charge in [-0.15, -0.1) is 0 Å². The van der Waals surface area contributed by atoms with Gasteiger partial charge in [0, 0.05) is 19.9 Å². The number of amides is 1. The Hall–Kier alpha value is -1.06. The number of hydrogen-bond donors (Lipinski definition) is 1. The van der Waals surface area contributed by atoms with Crippen LogP contribution in [0.4, 0.5) is 0 Å². The fourth-order valence-corrected chi connectivity index (χ4v) is 1.51. The maximum Gasteiger partial charge on any atom is 0.305 e. The van der Waals surface area contributed by atoms with Crippen LogP contribution >= 0.6 is 0 Å². The molecule has 0 rings (SSSR count). The van der Waals surface area contributed by atoms with Crippen molar-refractivity contribution in [3.8, 4) is 0 Å². The lowest BCUT2D eigenvalue weighted by atomic mass is 9.94. The molecule has 0 aliphatic rings. The summed E-state index contributed by atoms with van der Waals surface area (Å²) >= 11 is 0. The summed E-state index contributed by atoms with van der Waals surface area (Å²) in [4.78, 5) is 21.9. The molecule has 88 valence electrons. The smallest absolute Gasteiger partial charge is 0.305 e. The molecule has 1 amide bonds. The Labute approximate surface area is 91.4 Å². The molecule has 0 bridgehead atoms. The first kappa shape index (κ1) is 13.9. The van der Waals surface area contributed by atoms with Crippen molar-refractivity contribution in [1.29, 1.82) is 0 Å². The molecule has 0 aromatic carbocycles. The number of rotatable bonds is 6. The van der Waals surface area contributed by atoms with E-state index in [0.717, 1.165) is 6.42 Å². The van der Waals surface area contributed by atoms with Crippen LogP contribution in [-0.2, 0) is 14.3 Å². The number of carbonyl (C=O) groups excluding carboxylic acids is 2. The average molecular weight is 215 g/mol. The Balaban J connectivity index is 4.05. The van der Waals surface area contributed by atoms with Crippen LogP contribution in [0.3, 0.4) is 0 Å². The van der Waals surface area contributed by atoms with Crippen molar-refractivity contribution >= 4 is 11.9 Å². The van der Waals surface area contributed by atoms with Crippen LogP contribution in [0, 0.1) is 11.8 Å². The minimum Gasteiger partial charge on any atom is -0.469 e. The van der Waals surface area contributed by atoms with Crippen molar-refractivity contribution in [2.45, 2.75) is 33.6 Å². The summed E-state index contributed by atoms with van der Waals surface area (Å²) < 4.78 is 4.62. The highest BCUT2D eigenvalue weighted by Gasteiger charge is 2.16. The third-order valence-electron chi connectivity index (χ3n) is 2.13. The summed E-state index contributed by atoms with van der Waals surface area (Å²) in [6, 6.07) is 0. The van der Waals surface area contributed by atoms with Gasteiger partial charge < -0.3 is 10.1 Å². The fourth-order valence-electron chi connectivity index (χ4n) is 1.51. The molecule has 0 aromatic rings. The van der Waals surface area contributed by atoms with Crippen LogP contribution in [0.1, 0.15) is 33.6 Å². The van der Waals surface area contributed by atoms with Gasteiger partial charge in [0.1, 0.15) is 0 Å². The van der Waals surface area contributed by atoms with Crippen LogP contribution in [0.2, 0.25) is 0 Å². The van der Waals surface area contributed by atoms with Crippen LogP contribution in [0.15, 0.2) is 0 Å². The second-order valence-corrected chi connectivity index (χ2v) is 4.21. The number of carbonyl (C=O) groups is 2. The first-order chi connectivity index (χ1) is 6.95. The highest BCUT2D eigenvalue weighted by atomic mass is 16.5. The normalized spacial score (nSPS) is 12.3. The van der Waals surface area contributed by atoms with Gasteiger partial charge in [0.05, 0.1) is 7.11 Å². The number of hydrogen-bond acceptors (Lipinski definition) is 3. The maximum absolute atomic E-state index is 11.1. The summed E-state index contributed by atoms with van der Waals surface area (Å²) in [6.07, 6.45) is 1.28.